The summed E-state index contributed by atoms with van der Waals surface area (Å²) in [6.45, 7) is 6.03. The highest BCUT2D eigenvalue weighted by molar-refractivity contribution is 5.77. The molecule has 0 aliphatic carbocycles. The van der Waals surface area contributed by atoms with Crippen LogP contribution in [0.5, 0.6) is 11.5 Å². The molecular weight excluding hydrogens is 224 g/mol. The quantitative estimate of drug-likeness (QED) is 0.751. The van der Waals surface area contributed by atoms with E-state index in [0.29, 0.717) is 5.56 Å². The molecule has 2 aromatic rings. The van der Waals surface area contributed by atoms with Crippen molar-refractivity contribution in [3.63, 3.8) is 0 Å². The van der Waals surface area contributed by atoms with Gasteiger partial charge in [0.2, 0.25) is 0 Å². The van der Waals surface area contributed by atoms with Gasteiger partial charge in [0.05, 0.1) is 0 Å². The second-order valence-corrected chi connectivity index (χ2v) is 4.48. The molecule has 0 aromatic heterocycles. The first-order valence-corrected chi connectivity index (χ1v) is 5.91. The predicted molar refractivity (Wildman–Crippen MR) is 72.6 cm³/mol. The van der Waals surface area contributed by atoms with Crippen molar-refractivity contribution < 1.29 is 9.53 Å². The van der Waals surface area contributed by atoms with Gasteiger partial charge in [0, 0.05) is 5.56 Å². The lowest BCUT2D eigenvalue weighted by Gasteiger charge is -2.09. The highest BCUT2D eigenvalue weighted by Gasteiger charge is 2.02. The van der Waals surface area contributed by atoms with Gasteiger partial charge < -0.3 is 4.74 Å². The Morgan fingerprint density at radius 3 is 2.00 bits per heavy atom. The molecule has 0 aliphatic heterocycles. The summed E-state index contributed by atoms with van der Waals surface area (Å²) in [5, 5.41) is 0. The molecule has 0 aliphatic rings. The fraction of sp³-hybridized carbons (Fsp3) is 0.188. The third-order valence-electron chi connectivity index (χ3n) is 3.08. The molecule has 0 atom stereocenters. The number of aldehydes is 1. The minimum Gasteiger partial charge on any atom is -0.457 e. The van der Waals surface area contributed by atoms with E-state index in [1.807, 2.05) is 37.3 Å². The Morgan fingerprint density at radius 1 is 0.833 bits per heavy atom. The molecule has 2 heteroatoms. The zero-order valence-electron chi connectivity index (χ0n) is 10.9. The molecule has 18 heavy (non-hydrogen) atoms. The van der Waals surface area contributed by atoms with E-state index < -0.39 is 0 Å². The first-order chi connectivity index (χ1) is 8.60. The van der Waals surface area contributed by atoms with Crippen molar-refractivity contribution >= 4 is 6.29 Å². The van der Waals surface area contributed by atoms with Gasteiger partial charge in [-0.2, -0.15) is 0 Å². The fourth-order valence-corrected chi connectivity index (χ4v) is 1.76. The molecular formula is C16H16O2. The van der Waals surface area contributed by atoms with Crippen LogP contribution in [0.1, 0.15) is 27.0 Å². The highest BCUT2D eigenvalue weighted by Crippen LogP contribution is 2.25. The third-order valence-corrected chi connectivity index (χ3v) is 3.08. The maximum Gasteiger partial charge on any atom is 0.150 e. The van der Waals surface area contributed by atoms with E-state index in [2.05, 4.69) is 13.8 Å². The highest BCUT2D eigenvalue weighted by atomic mass is 16.5. The van der Waals surface area contributed by atoms with E-state index >= 15 is 0 Å². The average molecular weight is 240 g/mol. The van der Waals surface area contributed by atoms with Gasteiger partial charge in [-0.1, -0.05) is 6.07 Å². The molecule has 0 saturated heterocycles. The number of aryl methyl sites for hydroxylation is 3. The monoisotopic (exact) mass is 240 g/mol. The third kappa shape index (κ3) is 2.59. The van der Waals surface area contributed by atoms with Gasteiger partial charge in [-0.05, 0) is 67.8 Å². The molecule has 0 bridgehead atoms. The molecule has 2 nitrogen and oxygen atoms in total. The molecule has 92 valence electrons. The van der Waals surface area contributed by atoms with Crippen molar-refractivity contribution in [2.75, 3.05) is 0 Å². The Morgan fingerprint density at radius 2 is 1.44 bits per heavy atom. The van der Waals surface area contributed by atoms with Crippen LogP contribution in [0.15, 0.2) is 36.4 Å². The minimum absolute atomic E-state index is 0.697. The lowest BCUT2D eigenvalue weighted by atomic mass is 10.1. The summed E-state index contributed by atoms with van der Waals surface area (Å²) in [6, 6.07) is 11.5. The van der Waals surface area contributed by atoms with Crippen LogP contribution in [0.2, 0.25) is 0 Å². The summed E-state index contributed by atoms with van der Waals surface area (Å²) in [5.74, 6) is 1.57. The summed E-state index contributed by atoms with van der Waals surface area (Å²) in [6.07, 6.45) is 0.856. The number of hydrogen-bond donors (Lipinski definition) is 0. The molecule has 0 fully saturated rings. The Labute approximate surface area is 107 Å². The number of benzene rings is 2. The topological polar surface area (TPSA) is 26.3 Å². The summed E-state index contributed by atoms with van der Waals surface area (Å²) in [7, 11) is 0. The van der Waals surface area contributed by atoms with E-state index in [1.165, 1.54) is 11.1 Å². The zero-order chi connectivity index (χ0) is 13.1. The molecule has 0 saturated carbocycles. The SMILES string of the molecule is Cc1ccc(Oc2ccc(C=O)c(C)c2)cc1C. The van der Waals surface area contributed by atoms with Crippen LogP contribution in [0.25, 0.3) is 0 Å². The Hall–Kier alpha value is -2.09. The number of carbonyl (C=O) groups excluding carboxylic acids is 1. The number of ether oxygens (including phenoxy) is 1. The standard InChI is InChI=1S/C16H16O2/c1-11-4-6-15(8-12(11)2)18-16-7-5-14(10-17)13(3)9-16/h4-10H,1-3H3. The van der Waals surface area contributed by atoms with E-state index in [-0.39, 0.29) is 0 Å². The van der Waals surface area contributed by atoms with Gasteiger partial charge in [-0.15, -0.1) is 0 Å². The van der Waals surface area contributed by atoms with Gasteiger partial charge in [0.1, 0.15) is 17.8 Å². The van der Waals surface area contributed by atoms with Crippen LogP contribution in [-0.4, -0.2) is 6.29 Å². The maximum atomic E-state index is 10.7. The lowest BCUT2D eigenvalue weighted by Crippen LogP contribution is -1.90. The Kier molecular flexibility index (Phi) is 3.47. The molecule has 2 rings (SSSR count). The van der Waals surface area contributed by atoms with E-state index in [9.17, 15) is 4.79 Å². The van der Waals surface area contributed by atoms with Crippen LogP contribution in [0.3, 0.4) is 0 Å². The zero-order valence-corrected chi connectivity index (χ0v) is 10.9. The first-order valence-electron chi connectivity index (χ1n) is 5.91. The summed E-state index contributed by atoms with van der Waals surface area (Å²) < 4.78 is 5.78. The van der Waals surface area contributed by atoms with Gasteiger partial charge in [0.15, 0.2) is 0 Å². The van der Waals surface area contributed by atoms with E-state index in [0.717, 1.165) is 23.3 Å². The Bertz CT molecular complexity index is 586. The molecule has 0 spiro atoms. The van der Waals surface area contributed by atoms with Gasteiger partial charge >= 0.3 is 0 Å². The number of rotatable bonds is 3. The van der Waals surface area contributed by atoms with Crippen molar-refractivity contribution in [2.45, 2.75) is 20.8 Å². The summed E-state index contributed by atoms with van der Waals surface area (Å²) in [5.41, 5.74) is 4.07. The van der Waals surface area contributed by atoms with Crippen LogP contribution in [0.4, 0.5) is 0 Å². The molecule has 2 aromatic carbocycles. The van der Waals surface area contributed by atoms with Crippen LogP contribution in [-0.2, 0) is 0 Å². The van der Waals surface area contributed by atoms with Gasteiger partial charge in [0.25, 0.3) is 0 Å². The second-order valence-electron chi connectivity index (χ2n) is 4.48. The minimum atomic E-state index is 0.697. The normalized spacial score (nSPS) is 10.2. The van der Waals surface area contributed by atoms with Crippen LogP contribution >= 0.6 is 0 Å². The predicted octanol–water partition coefficient (Wildman–Crippen LogP) is 4.22. The Balaban J connectivity index is 2.25. The van der Waals surface area contributed by atoms with Crippen LogP contribution in [0, 0.1) is 20.8 Å². The van der Waals surface area contributed by atoms with Gasteiger partial charge in [-0.3, -0.25) is 4.79 Å². The first kappa shape index (κ1) is 12.4. The van der Waals surface area contributed by atoms with Crippen molar-refractivity contribution in [1.82, 2.24) is 0 Å². The number of hydrogen-bond acceptors (Lipinski definition) is 2. The van der Waals surface area contributed by atoms with E-state index in [4.69, 9.17) is 4.74 Å². The second kappa shape index (κ2) is 5.05. The molecule has 0 amide bonds. The smallest absolute Gasteiger partial charge is 0.150 e. The number of carbonyl (C=O) groups is 1. The lowest BCUT2D eigenvalue weighted by molar-refractivity contribution is 0.112. The van der Waals surface area contributed by atoms with Crippen molar-refractivity contribution in [1.29, 1.82) is 0 Å². The molecule has 0 unspecified atom stereocenters. The summed E-state index contributed by atoms with van der Waals surface area (Å²) >= 11 is 0. The van der Waals surface area contributed by atoms with Crippen molar-refractivity contribution in [3.05, 3.63) is 58.7 Å². The fourth-order valence-electron chi connectivity index (χ4n) is 1.76. The van der Waals surface area contributed by atoms with E-state index in [1.54, 1.807) is 6.07 Å². The average Bonchev–Trinajstić information content (AvgIpc) is 2.34. The molecule has 0 N–H and O–H groups in total. The summed E-state index contributed by atoms with van der Waals surface area (Å²) in [4.78, 5) is 10.7. The van der Waals surface area contributed by atoms with Crippen molar-refractivity contribution in [2.24, 2.45) is 0 Å². The largest absolute Gasteiger partial charge is 0.457 e. The van der Waals surface area contributed by atoms with Crippen molar-refractivity contribution in [3.8, 4) is 11.5 Å². The maximum absolute atomic E-state index is 10.7. The molecule has 0 heterocycles. The van der Waals surface area contributed by atoms with Gasteiger partial charge in [-0.25, -0.2) is 0 Å². The van der Waals surface area contributed by atoms with Crippen LogP contribution < -0.4 is 4.74 Å². The molecule has 0 radical (unpaired) electrons.